The minimum atomic E-state index is -0.283. The largest absolute Gasteiger partial charge is 0.345 e. The van der Waals surface area contributed by atoms with Crippen LogP contribution in [-0.4, -0.2) is 46.1 Å². The number of carbonyl (C=O) groups excluding carboxylic acids is 1. The molecule has 0 aliphatic rings. The van der Waals surface area contributed by atoms with Gasteiger partial charge in [-0.3, -0.25) is 9.89 Å². The number of H-pyrrole nitrogens is 1. The lowest BCUT2D eigenvalue weighted by Gasteiger charge is -2.14. The van der Waals surface area contributed by atoms with Crippen molar-refractivity contribution in [2.45, 2.75) is 26.8 Å². The summed E-state index contributed by atoms with van der Waals surface area (Å²) < 4.78 is 3.24. The van der Waals surface area contributed by atoms with Crippen molar-refractivity contribution in [2.75, 3.05) is 0 Å². The maximum atomic E-state index is 12.8. The molecule has 0 aliphatic heterocycles. The van der Waals surface area contributed by atoms with Gasteiger partial charge in [-0.15, -0.1) is 5.10 Å². The molecule has 0 bridgehead atoms. The van der Waals surface area contributed by atoms with E-state index in [1.54, 1.807) is 6.20 Å². The van der Waals surface area contributed by atoms with E-state index in [-0.39, 0.29) is 11.9 Å². The van der Waals surface area contributed by atoms with Crippen LogP contribution in [-0.2, 0) is 0 Å². The fraction of sp³-hybridized carbons (Fsp3) is 0.222. The van der Waals surface area contributed by atoms with Crippen LogP contribution in [0.25, 0.3) is 11.5 Å². The van der Waals surface area contributed by atoms with Crippen molar-refractivity contribution in [3.63, 3.8) is 0 Å². The van der Waals surface area contributed by atoms with Crippen LogP contribution >= 0.6 is 0 Å². The first-order valence-corrected chi connectivity index (χ1v) is 8.74. The fourth-order valence-electron chi connectivity index (χ4n) is 3.13. The van der Waals surface area contributed by atoms with Crippen molar-refractivity contribution >= 4 is 5.91 Å². The van der Waals surface area contributed by atoms with Gasteiger partial charge in [-0.25, -0.2) is 4.68 Å². The summed E-state index contributed by atoms with van der Waals surface area (Å²) in [4.78, 5) is 12.8. The average Bonchev–Trinajstić information content (AvgIpc) is 3.42. The van der Waals surface area contributed by atoms with E-state index < -0.39 is 0 Å². The first kappa shape index (κ1) is 17.6. The van der Waals surface area contributed by atoms with E-state index in [2.05, 4.69) is 36.1 Å². The Morgan fingerprint density at radius 3 is 2.79 bits per heavy atom. The van der Waals surface area contributed by atoms with Crippen molar-refractivity contribution in [1.29, 1.82) is 0 Å². The van der Waals surface area contributed by atoms with Crippen LogP contribution in [0.5, 0.6) is 0 Å². The third-order valence-corrected chi connectivity index (χ3v) is 4.65. The van der Waals surface area contributed by atoms with Gasteiger partial charge in [-0.05, 0) is 42.8 Å². The van der Waals surface area contributed by atoms with Gasteiger partial charge in [0.1, 0.15) is 11.9 Å². The van der Waals surface area contributed by atoms with Gasteiger partial charge in [-0.2, -0.15) is 14.9 Å². The van der Waals surface area contributed by atoms with Gasteiger partial charge in [0.2, 0.25) is 0 Å². The number of aromatic nitrogens is 8. The number of hydrogen-bond donors (Lipinski definition) is 2. The van der Waals surface area contributed by atoms with Gasteiger partial charge in [0.25, 0.3) is 5.91 Å². The number of aromatic amines is 1. The molecular formula is C18H19N9O. The third-order valence-electron chi connectivity index (χ3n) is 4.65. The first-order valence-electron chi connectivity index (χ1n) is 8.74. The number of tetrazole rings is 1. The van der Waals surface area contributed by atoms with E-state index in [0.29, 0.717) is 11.4 Å². The Bertz CT molecular complexity index is 1110. The second-order valence-corrected chi connectivity index (χ2v) is 6.47. The lowest BCUT2D eigenvalue weighted by Crippen LogP contribution is -2.27. The molecule has 4 aromatic rings. The van der Waals surface area contributed by atoms with Gasteiger partial charge >= 0.3 is 0 Å². The molecular weight excluding hydrogens is 358 g/mol. The zero-order valence-corrected chi connectivity index (χ0v) is 15.7. The number of amides is 1. The van der Waals surface area contributed by atoms with Crippen molar-refractivity contribution in [2.24, 2.45) is 0 Å². The van der Waals surface area contributed by atoms with Crippen LogP contribution in [0.15, 0.2) is 43.0 Å². The quantitative estimate of drug-likeness (QED) is 0.546. The first-order chi connectivity index (χ1) is 13.6. The minimum Gasteiger partial charge on any atom is -0.345 e. The minimum absolute atomic E-state index is 0.248. The summed E-state index contributed by atoms with van der Waals surface area (Å²) >= 11 is 0. The number of rotatable bonds is 5. The average molecular weight is 377 g/mol. The van der Waals surface area contributed by atoms with Crippen LogP contribution in [0.1, 0.15) is 40.1 Å². The molecule has 10 heteroatoms. The topological polar surface area (TPSA) is 119 Å². The van der Waals surface area contributed by atoms with E-state index in [4.69, 9.17) is 0 Å². The molecule has 3 heterocycles. The highest BCUT2D eigenvalue weighted by molar-refractivity contribution is 5.97. The number of carbonyl (C=O) groups is 1. The highest BCUT2D eigenvalue weighted by atomic mass is 16.1. The predicted molar refractivity (Wildman–Crippen MR) is 100 cm³/mol. The Morgan fingerprint density at radius 2 is 2.04 bits per heavy atom. The molecule has 0 aliphatic carbocycles. The number of aryl methyl sites for hydroxylation is 1. The number of hydrogen-bond acceptors (Lipinski definition) is 6. The third kappa shape index (κ3) is 3.04. The fourth-order valence-corrected chi connectivity index (χ4v) is 3.13. The van der Waals surface area contributed by atoms with Crippen LogP contribution in [0, 0.1) is 13.8 Å². The molecule has 1 unspecified atom stereocenters. The number of nitrogens with zero attached hydrogens (tertiary/aromatic N) is 7. The maximum Gasteiger partial charge on any atom is 0.257 e. The summed E-state index contributed by atoms with van der Waals surface area (Å²) in [6.45, 7) is 5.95. The zero-order chi connectivity index (χ0) is 19.7. The Labute approximate surface area is 160 Å². The molecule has 0 fully saturated rings. The lowest BCUT2D eigenvalue weighted by atomic mass is 10.1. The Balaban J connectivity index is 1.57. The van der Waals surface area contributed by atoms with Crippen LogP contribution in [0.4, 0.5) is 0 Å². The van der Waals surface area contributed by atoms with Crippen LogP contribution in [0.2, 0.25) is 0 Å². The Hall–Kier alpha value is -3.82. The molecule has 28 heavy (non-hydrogen) atoms. The molecule has 1 atom stereocenters. The SMILES string of the molecule is Cc1ccccc1-n1ncc(C(C)NC(=O)c2cn[nH]c2-n2cnnn2)c1C. The summed E-state index contributed by atoms with van der Waals surface area (Å²) in [7, 11) is 0. The molecule has 0 spiro atoms. The van der Waals surface area contributed by atoms with Gasteiger partial charge in [0.05, 0.1) is 24.1 Å². The van der Waals surface area contributed by atoms with Gasteiger partial charge in [-0.1, -0.05) is 18.2 Å². The number of benzene rings is 1. The summed E-state index contributed by atoms with van der Waals surface area (Å²) in [5.74, 6) is 0.122. The van der Waals surface area contributed by atoms with Gasteiger partial charge in [0.15, 0.2) is 5.82 Å². The molecule has 4 rings (SSSR count). The monoisotopic (exact) mass is 377 g/mol. The number of para-hydroxylation sites is 1. The lowest BCUT2D eigenvalue weighted by molar-refractivity contribution is 0.0939. The van der Waals surface area contributed by atoms with E-state index in [0.717, 1.165) is 22.5 Å². The molecule has 0 radical (unpaired) electrons. The van der Waals surface area contributed by atoms with Gasteiger partial charge < -0.3 is 5.32 Å². The van der Waals surface area contributed by atoms with E-state index in [1.165, 1.54) is 17.2 Å². The normalized spacial score (nSPS) is 12.1. The van der Waals surface area contributed by atoms with E-state index >= 15 is 0 Å². The van der Waals surface area contributed by atoms with Crippen molar-refractivity contribution in [3.8, 4) is 11.5 Å². The maximum absolute atomic E-state index is 12.8. The molecule has 1 aromatic carbocycles. The molecule has 1 amide bonds. The molecule has 2 N–H and O–H groups in total. The Kier molecular flexibility index (Phi) is 4.44. The van der Waals surface area contributed by atoms with Gasteiger partial charge in [0, 0.05) is 11.3 Å². The highest BCUT2D eigenvalue weighted by Crippen LogP contribution is 2.22. The molecule has 10 nitrogen and oxygen atoms in total. The summed E-state index contributed by atoms with van der Waals surface area (Å²) in [6, 6.07) is 7.79. The van der Waals surface area contributed by atoms with Crippen molar-refractivity contribution in [3.05, 3.63) is 65.4 Å². The summed E-state index contributed by atoms with van der Waals surface area (Å²) in [5, 5.41) is 25.1. The highest BCUT2D eigenvalue weighted by Gasteiger charge is 2.21. The van der Waals surface area contributed by atoms with E-state index in [1.807, 2.05) is 49.7 Å². The predicted octanol–water partition coefficient (Wildman–Crippen LogP) is 1.68. The van der Waals surface area contributed by atoms with Crippen molar-refractivity contribution in [1.82, 2.24) is 45.5 Å². The van der Waals surface area contributed by atoms with Crippen LogP contribution in [0.3, 0.4) is 0 Å². The summed E-state index contributed by atoms with van der Waals surface area (Å²) in [5.41, 5.74) is 4.39. The standard InChI is InChI=1S/C18H19N9O/c1-11-6-4-5-7-16(11)27-13(3)14(9-21-27)12(2)22-18(28)15-8-19-23-17(15)26-10-20-24-25-26/h4-10,12H,1-3H3,(H,19,23)(H,22,28). The molecule has 142 valence electrons. The van der Waals surface area contributed by atoms with Crippen LogP contribution < -0.4 is 5.32 Å². The second kappa shape index (κ2) is 7.06. The summed E-state index contributed by atoms with van der Waals surface area (Å²) in [6.07, 6.45) is 4.62. The molecule has 0 saturated carbocycles. The molecule has 0 saturated heterocycles. The smallest absolute Gasteiger partial charge is 0.257 e. The molecule has 3 aromatic heterocycles. The number of nitrogens with one attached hydrogen (secondary N) is 2. The van der Waals surface area contributed by atoms with E-state index in [9.17, 15) is 4.79 Å². The second-order valence-electron chi connectivity index (χ2n) is 6.47. The zero-order valence-electron chi connectivity index (χ0n) is 15.7. The Morgan fingerprint density at radius 1 is 1.21 bits per heavy atom. The van der Waals surface area contributed by atoms with Crippen molar-refractivity contribution < 1.29 is 4.79 Å².